The second-order valence-corrected chi connectivity index (χ2v) is 5.38. The van der Waals surface area contributed by atoms with Gasteiger partial charge in [0.2, 0.25) is 0 Å². The number of halogens is 1. The van der Waals surface area contributed by atoms with E-state index in [0.29, 0.717) is 17.5 Å². The lowest BCUT2D eigenvalue weighted by Gasteiger charge is -2.12. The van der Waals surface area contributed by atoms with Gasteiger partial charge < -0.3 is 19.0 Å². The smallest absolute Gasteiger partial charge is 0.414 e. The van der Waals surface area contributed by atoms with Gasteiger partial charge in [0, 0.05) is 32.1 Å². The first-order valence-corrected chi connectivity index (χ1v) is 6.58. The van der Waals surface area contributed by atoms with E-state index in [0.717, 1.165) is 0 Å². The van der Waals surface area contributed by atoms with Crippen LogP contribution in [0, 0.1) is 5.82 Å². The van der Waals surface area contributed by atoms with Gasteiger partial charge in [0.25, 0.3) is 0 Å². The normalized spacial score (nSPS) is 11.0. The van der Waals surface area contributed by atoms with Crippen molar-refractivity contribution in [3.8, 4) is 5.75 Å². The van der Waals surface area contributed by atoms with E-state index in [1.165, 1.54) is 31.1 Å². The Bertz CT molecular complexity index is 768. The van der Waals surface area contributed by atoms with Crippen LogP contribution in [0.25, 0.3) is 11.0 Å². The molecule has 0 aliphatic rings. The van der Waals surface area contributed by atoms with Crippen LogP contribution in [0.3, 0.4) is 0 Å². The number of benzene rings is 1. The molecule has 118 valence electrons. The van der Waals surface area contributed by atoms with E-state index in [-0.39, 0.29) is 11.3 Å². The number of rotatable bonds is 3. The van der Waals surface area contributed by atoms with Crippen molar-refractivity contribution >= 4 is 17.1 Å². The molecule has 6 nitrogen and oxygen atoms in total. The summed E-state index contributed by atoms with van der Waals surface area (Å²) in [6.07, 6.45) is -0.718. The summed E-state index contributed by atoms with van der Waals surface area (Å²) in [4.78, 5) is 26.3. The van der Waals surface area contributed by atoms with Crippen LogP contribution in [0.1, 0.15) is 5.56 Å². The third-order valence-corrected chi connectivity index (χ3v) is 2.91. The number of fused-ring (bicyclic) bond motifs is 1. The monoisotopic (exact) mass is 308 g/mol. The Balaban J connectivity index is 2.46. The topological polar surface area (TPSA) is 63.0 Å². The molecule has 0 spiro atoms. The predicted molar refractivity (Wildman–Crippen MR) is 79.5 cm³/mol. The lowest BCUT2D eigenvalue weighted by Crippen LogP contribution is -2.25. The van der Waals surface area contributed by atoms with Gasteiger partial charge >= 0.3 is 11.7 Å². The largest absolute Gasteiger partial charge is 0.422 e. The molecule has 7 heteroatoms. The van der Waals surface area contributed by atoms with Crippen molar-refractivity contribution in [2.24, 2.45) is 0 Å². The van der Waals surface area contributed by atoms with Crippen LogP contribution in [0.5, 0.6) is 5.75 Å². The quantitative estimate of drug-likeness (QED) is 0.812. The van der Waals surface area contributed by atoms with E-state index in [9.17, 15) is 14.0 Å². The molecule has 0 aliphatic heterocycles. The Kier molecular flexibility index (Phi) is 4.46. The van der Waals surface area contributed by atoms with Gasteiger partial charge in [-0.05, 0) is 26.2 Å². The Morgan fingerprint density at radius 1 is 1.23 bits per heavy atom. The maximum Gasteiger partial charge on any atom is 0.414 e. The van der Waals surface area contributed by atoms with Gasteiger partial charge in [-0.25, -0.2) is 14.0 Å². The fraction of sp³-hybridized carbons (Fsp3) is 0.333. The lowest BCUT2D eigenvalue weighted by atomic mass is 10.1. The van der Waals surface area contributed by atoms with Crippen molar-refractivity contribution in [2.75, 3.05) is 28.2 Å². The Morgan fingerprint density at radius 3 is 2.50 bits per heavy atom. The fourth-order valence-corrected chi connectivity index (χ4v) is 1.88. The summed E-state index contributed by atoms with van der Waals surface area (Å²) in [5.74, 6) is -0.984. The minimum absolute atomic E-state index is 0.162. The van der Waals surface area contributed by atoms with Gasteiger partial charge in [0.15, 0.2) is 11.6 Å². The van der Waals surface area contributed by atoms with Crippen molar-refractivity contribution in [1.82, 2.24) is 9.80 Å². The maximum atomic E-state index is 14.0. The molecule has 2 aromatic rings. The van der Waals surface area contributed by atoms with Gasteiger partial charge in [0.1, 0.15) is 5.58 Å². The molecular weight excluding hydrogens is 291 g/mol. The SMILES string of the molecule is CN(C)Cc1cc2cc(F)c(OC(=O)N(C)C)cc2oc1=O. The summed E-state index contributed by atoms with van der Waals surface area (Å²) in [6.45, 7) is 0.386. The standard InChI is InChI=1S/C15H17FN2O4/c1-17(2)8-10-5-9-6-11(16)13(22-15(20)18(3)4)7-12(9)21-14(10)19/h5-7H,8H2,1-4H3. The molecule has 1 aromatic heterocycles. The number of ether oxygens (including phenoxy) is 1. The van der Waals surface area contributed by atoms with E-state index in [1.54, 1.807) is 6.07 Å². The minimum atomic E-state index is -0.718. The Hall–Kier alpha value is -2.41. The van der Waals surface area contributed by atoms with Gasteiger partial charge in [-0.2, -0.15) is 0 Å². The lowest BCUT2D eigenvalue weighted by molar-refractivity contribution is 0.170. The van der Waals surface area contributed by atoms with Crippen molar-refractivity contribution in [2.45, 2.75) is 6.54 Å². The maximum absolute atomic E-state index is 14.0. The zero-order valence-electron chi connectivity index (χ0n) is 12.8. The fourth-order valence-electron chi connectivity index (χ4n) is 1.88. The summed E-state index contributed by atoms with van der Waals surface area (Å²) < 4.78 is 24.1. The van der Waals surface area contributed by atoms with Crippen molar-refractivity contribution in [3.05, 3.63) is 40.0 Å². The van der Waals surface area contributed by atoms with Crippen LogP contribution in [0.4, 0.5) is 9.18 Å². The first-order chi connectivity index (χ1) is 10.3. The molecule has 1 aromatic carbocycles. The third-order valence-electron chi connectivity index (χ3n) is 2.91. The molecule has 0 N–H and O–H groups in total. The number of hydrogen-bond donors (Lipinski definition) is 0. The van der Waals surface area contributed by atoms with E-state index in [2.05, 4.69) is 0 Å². The zero-order valence-corrected chi connectivity index (χ0v) is 12.8. The first-order valence-electron chi connectivity index (χ1n) is 6.58. The summed E-state index contributed by atoms with van der Waals surface area (Å²) in [5.41, 5.74) is 0.0862. The molecule has 0 bridgehead atoms. The zero-order chi connectivity index (χ0) is 16.4. The molecule has 22 heavy (non-hydrogen) atoms. The van der Waals surface area contributed by atoms with E-state index < -0.39 is 17.5 Å². The molecular formula is C15H17FN2O4. The molecule has 0 saturated carbocycles. The van der Waals surface area contributed by atoms with Crippen LogP contribution < -0.4 is 10.4 Å². The molecule has 0 fully saturated rings. The van der Waals surface area contributed by atoms with E-state index in [1.807, 2.05) is 19.0 Å². The van der Waals surface area contributed by atoms with Gasteiger partial charge in [0.05, 0.1) is 5.56 Å². The Morgan fingerprint density at radius 2 is 1.91 bits per heavy atom. The molecule has 0 unspecified atom stereocenters. The van der Waals surface area contributed by atoms with Crippen LogP contribution in [0.15, 0.2) is 27.4 Å². The molecule has 2 rings (SSSR count). The van der Waals surface area contributed by atoms with Gasteiger partial charge in [-0.15, -0.1) is 0 Å². The highest BCUT2D eigenvalue weighted by atomic mass is 19.1. The molecule has 0 saturated heterocycles. The van der Waals surface area contributed by atoms with Crippen molar-refractivity contribution in [3.63, 3.8) is 0 Å². The second-order valence-electron chi connectivity index (χ2n) is 5.38. The second kappa shape index (κ2) is 6.15. The summed E-state index contributed by atoms with van der Waals surface area (Å²) in [7, 11) is 6.59. The van der Waals surface area contributed by atoms with Crippen LogP contribution >= 0.6 is 0 Å². The Labute approximate surface area is 126 Å². The number of nitrogens with zero attached hydrogens (tertiary/aromatic N) is 2. The molecule has 0 atom stereocenters. The molecule has 0 radical (unpaired) electrons. The third kappa shape index (κ3) is 3.43. The number of amides is 1. The average molecular weight is 308 g/mol. The highest BCUT2D eigenvalue weighted by molar-refractivity contribution is 5.80. The van der Waals surface area contributed by atoms with Crippen molar-refractivity contribution in [1.29, 1.82) is 0 Å². The summed E-state index contributed by atoms with van der Waals surface area (Å²) >= 11 is 0. The average Bonchev–Trinajstić information content (AvgIpc) is 2.40. The molecule has 1 amide bonds. The highest BCUT2D eigenvalue weighted by Crippen LogP contribution is 2.25. The summed E-state index contributed by atoms with van der Waals surface area (Å²) in [5, 5.41) is 0.429. The van der Waals surface area contributed by atoms with Crippen LogP contribution in [-0.2, 0) is 6.54 Å². The first kappa shape index (κ1) is 16.0. The van der Waals surface area contributed by atoms with E-state index >= 15 is 0 Å². The molecule has 0 aliphatic carbocycles. The molecule has 1 heterocycles. The highest BCUT2D eigenvalue weighted by Gasteiger charge is 2.15. The summed E-state index contributed by atoms with van der Waals surface area (Å²) in [6, 6.07) is 3.95. The van der Waals surface area contributed by atoms with Crippen molar-refractivity contribution < 1.29 is 18.3 Å². The predicted octanol–water partition coefficient (Wildman–Crippen LogP) is 2.05. The minimum Gasteiger partial charge on any atom is -0.422 e. The number of carbonyl (C=O) groups is 1. The van der Waals surface area contributed by atoms with E-state index in [4.69, 9.17) is 9.15 Å². The van der Waals surface area contributed by atoms with Gasteiger partial charge in [-0.3, -0.25) is 0 Å². The van der Waals surface area contributed by atoms with Crippen LogP contribution in [-0.4, -0.2) is 44.1 Å². The number of carbonyl (C=O) groups excluding carboxylic acids is 1. The van der Waals surface area contributed by atoms with Crippen LogP contribution in [0.2, 0.25) is 0 Å². The van der Waals surface area contributed by atoms with Gasteiger partial charge in [-0.1, -0.05) is 0 Å². The number of hydrogen-bond acceptors (Lipinski definition) is 5.